The predicted molar refractivity (Wildman–Crippen MR) is 58.2 cm³/mol. The summed E-state index contributed by atoms with van der Waals surface area (Å²) in [5.41, 5.74) is 0.748. The van der Waals surface area contributed by atoms with Crippen LogP contribution in [0.15, 0.2) is 42.7 Å². The monoisotopic (exact) mass is 214 g/mol. The summed E-state index contributed by atoms with van der Waals surface area (Å²) >= 11 is 0. The summed E-state index contributed by atoms with van der Waals surface area (Å²) in [6.45, 7) is 0. The van der Waals surface area contributed by atoms with Crippen molar-refractivity contribution in [3.63, 3.8) is 0 Å². The summed E-state index contributed by atoms with van der Waals surface area (Å²) in [6, 6.07) is 8.25. The molecule has 0 aliphatic carbocycles. The maximum Gasteiger partial charge on any atom is 0.204 e. The van der Waals surface area contributed by atoms with Crippen molar-refractivity contribution in [2.45, 2.75) is 6.42 Å². The standard InChI is InChI=1S/C12H10N2O2/c15-10-4-1-3-9(7-10)8-11(16)12-13-5-2-6-14-12/h1-7,15H,8H2. The Bertz CT molecular complexity index is 497. The molecule has 0 fully saturated rings. The van der Waals surface area contributed by atoms with E-state index < -0.39 is 0 Å². The Morgan fingerprint density at radius 3 is 2.62 bits per heavy atom. The van der Waals surface area contributed by atoms with Crippen LogP contribution in [0.2, 0.25) is 0 Å². The van der Waals surface area contributed by atoms with Gasteiger partial charge in [0.25, 0.3) is 0 Å². The van der Waals surface area contributed by atoms with Crippen LogP contribution in [-0.2, 0) is 6.42 Å². The normalized spacial score (nSPS) is 10.0. The maximum atomic E-state index is 11.7. The topological polar surface area (TPSA) is 63.1 Å². The van der Waals surface area contributed by atoms with E-state index in [-0.39, 0.29) is 23.8 Å². The van der Waals surface area contributed by atoms with Gasteiger partial charge in [0.2, 0.25) is 5.78 Å². The quantitative estimate of drug-likeness (QED) is 0.788. The minimum absolute atomic E-state index is 0.152. The second-order valence-electron chi connectivity index (χ2n) is 3.34. The molecule has 0 radical (unpaired) electrons. The minimum atomic E-state index is -0.161. The van der Waals surface area contributed by atoms with Gasteiger partial charge >= 0.3 is 0 Å². The number of phenolic OH excluding ortho intramolecular Hbond substituents is 1. The Labute approximate surface area is 92.6 Å². The van der Waals surface area contributed by atoms with Gasteiger partial charge in [-0.05, 0) is 23.8 Å². The molecule has 0 bridgehead atoms. The van der Waals surface area contributed by atoms with Crippen LogP contribution in [0, 0.1) is 0 Å². The molecular weight excluding hydrogens is 204 g/mol. The molecule has 1 aromatic heterocycles. The molecule has 2 aromatic rings. The lowest BCUT2D eigenvalue weighted by molar-refractivity contribution is 0.0983. The van der Waals surface area contributed by atoms with Crippen LogP contribution in [0.25, 0.3) is 0 Å². The van der Waals surface area contributed by atoms with Crippen molar-refractivity contribution >= 4 is 5.78 Å². The Balaban J connectivity index is 2.14. The molecule has 16 heavy (non-hydrogen) atoms. The number of hydrogen-bond acceptors (Lipinski definition) is 4. The van der Waals surface area contributed by atoms with Gasteiger partial charge in [-0.1, -0.05) is 12.1 Å². The highest BCUT2D eigenvalue weighted by Crippen LogP contribution is 2.12. The number of hydrogen-bond donors (Lipinski definition) is 1. The van der Waals surface area contributed by atoms with Crippen LogP contribution in [0.4, 0.5) is 0 Å². The molecule has 2 rings (SSSR count). The number of carbonyl (C=O) groups excluding carboxylic acids is 1. The van der Waals surface area contributed by atoms with E-state index >= 15 is 0 Å². The second-order valence-corrected chi connectivity index (χ2v) is 3.34. The minimum Gasteiger partial charge on any atom is -0.508 e. The number of benzene rings is 1. The van der Waals surface area contributed by atoms with Gasteiger partial charge < -0.3 is 5.11 Å². The van der Waals surface area contributed by atoms with E-state index in [0.717, 1.165) is 5.56 Å². The highest BCUT2D eigenvalue weighted by atomic mass is 16.3. The molecule has 0 unspecified atom stereocenters. The molecule has 0 spiro atoms. The zero-order valence-electron chi connectivity index (χ0n) is 8.50. The Kier molecular flexibility index (Phi) is 2.91. The van der Waals surface area contributed by atoms with Crippen LogP contribution >= 0.6 is 0 Å². The first-order valence-electron chi connectivity index (χ1n) is 4.84. The van der Waals surface area contributed by atoms with E-state index in [1.54, 1.807) is 30.3 Å². The number of ketones is 1. The molecule has 0 aliphatic heterocycles. The van der Waals surface area contributed by atoms with Crippen molar-refractivity contribution in [2.75, 3.05) is 0 Å². The third-order valence-electron chi connectivity index (χ3n) is 2.09. The zero-order chi connectivity index (χ0) is 11.4. The molecule has 1 N–H and O–H groups in total. The highest BCUT2D eigenvalue weighted by molar-refractivity contribution is 5.93. The lowest BCUT2D eigenvalue weighted by Gasteiger charge is -2.00. The van der Waals surface area contributed by atoms with Crippen molar-refractivity contribution < 1.29 is 9.90 Å². The van der Waals surface area contributed by atoms with Crippen molar-refractivity contribution in [1.29, 1.82) is 0 Å². The van der Waals surface area contributed by atoms with Crippen LogP contribution in [0.5, 0.6) is 5.75 Å². The largest absolute Gasteiger partial charge is 0.508 e. The Morgan fingerprint density at radius 2 is 1.94 bits per heavy atom. The smallest absolute Gasteiger partial charge is 0.204 e. The SMILES string of the molecule is O=C(Cc1cccc(O)c1)c1ncccn1. The fourth-order valence-electron chi connectivity index (χ4n) is 1.37. The van der Waals surface area contributed by atoms with E-state index in [1.807, 2.05) is 0 Å². The van der Waals surface area contributed by atoms with Gasteiger partial charge in [0.1, 0.15) is 5.75 Å². The third kappa shape index (κ3) is 2.42. The molecule has 80 valence electrons. The van der Waals surface area contributed by atoms with Crippen LogP contribution < -0.4 is 0 Å². The van der Waals surface area contributed by atoms with E-state index in [4.69, 9.17) is 0 Å². The molecule has 0 aliphatic rings. The molecule has 1 aromatic carbocycles. The average Bonchev–Trinajstić information content (AvgIpc) is 2.30. The van der Waals surface area contributed by atoms with Crippen molar-refractivity contribution in [1.82, 2.24) is 9.97 Å². The van der Waals surface area contributed by atoms with Crippen LogP contribution in [-0.4, -0.2) is 20.9 Å². The molecule has 0 saturated carbocycles. The zero-order valence-corrected chi connectivity index (χ0v) is 8.50. The fraction of sp³-hybridized carbons (Fsp3) is 0.0833. The van der Waals surface area contributed by atoms with E-state index in [0.29, 0.717) is 0 Å². The number of aromatic hydroxyl groups is 1. The predicted octanol–water partition coefficient (Wildman–Crippen LogP) is 1.61. The molecule has 1 heterocycles. The summed E-state index contributed by atoms with van der Waals surface area (Å²) < 4.78 is 0. The van der Waals surface area contributed by atoms with Gasteiger partial charge in [-0.2, -0.15) is 0 Å². The van der Waals surface area contributed by atoms with E-state index in [1.165, 1.54) is 12.4 Å². The Hall–Kier alpha value is -2.23. The Morgan fingerprint density at radius 1 is 1.19 bits per heavy atom. The van der Waals surface area contributed by atoms with Crippen molar-refractivity contribution in [3.05, 3.63) is 54.1 Å². The number of phenols is 1. The van der Waals surface area contributed by atoms with Crippen LogP contribution in [0.1, 0.15) is 16.2 Å². The summed E-state index contributed by atoms with van der Waals surface area (Å²) in [5.74, 6) is 0.191. The third-order valence-corrected chi connectivity index (χ3v) is 2.09. The summed E-state index contributed by atoms with van der Waals surface area (Å²) in [7, 11) is 0. The van der Waals surface area contributed by atoms with Gasteiger partial charge in [0.05, 0.1) is 0 Å². The number of aromatic nitrogens is 2. The number of Topliss-reactive ketones (excluding diaryl/α,β-unsaturated/α-hetero) is 1. The van der Waals surface area contributed by atoms with Gasteiger partial charge in [0.15, 0.2) is 5.82 Å². The summed E-state index contributed by atoms with van der Waals surface area (Å²) in [4.78, 5) is 19.5. The lowest BCUT2D eigenvalue weighted by Crippen LogP contribution is -2.07. The molecule has 0 saturated heterocycles. The highest BCUT2D eigenvalue weighted by Gasteiger charge is 2.09. The van der Waals surface area contributed by atoms with Gasteiger partial charge in [0, 0.05) is 18.8 Å². The van der Waals surface area contributed by atoms with E-state index in [2.05, 4.69) is 9.97 Å². The molecular formula is C12H10N2O2. The maximum absolute atomic E-state index is 11.7. The molecule has 4 heteroatoms. The first-order valence-corrected chi connectivity index (χ1v) is 4.84. The molecule has 0 amide bonds. The molecule has 4 nitrogen and oxygen atoms in total. The van der Waals surface area contributed by atoms with Gasteiger partial charge in [-0.15, -0.1) is 0 Å². The van der Waals surface area contributed by atoms with Crippen molar-refractivity contribution in [3.8, 4) is 5.75 Å². The first kappa shape index (κ1) is 10.3. The first-order chi connectivity index (χ1) is 7.75. The molecule has 0 atom stereocenters. The number of carbonyl (C=O) groups is 1. The number of rotatable bonds is 3. The fourth-order valence-corrected chi connectivity index (χ4v) is 1.37. The van der Waals surface area contributed by atoms with E-state index in [9.17, 15) is 9.90 Å². The second kappa shape index (κ2) is 4.53. The average molecular weight is 214 g/mol. The number of nitrogens with zero attached hydrogens (tertiary/aromatic N) is 2. The van der Waals surface area contributed by atoms with Crippen molar-refractivity contribution in [2.24, 2.45) is 0 Å². The van der Waals surface area contributed by atoms with Crippen LogP contribution in [0.3, 0.4) is 0 Å². The lowest BCUT2D eigenvalue weighted by atomic mass is 10.1. The van der Waals surface area contributed by atoms with Gasteiger partial charge in [-0.3, -0.25) is 4.79 Å². The van der Waals surface area contributed by atoms with Gasteiger partial charge in [-0.25, -0.2) is 9.97 Å². The summed E-state index contributed by atoms with van der Waals surface area (Å²) in [6.07, 6.45) is 3.25. The summed E-state index contributed by atoms with van der Waals surface area (Å²) in [5, 5.41) is 9.25.